The van der Waals surface area contributed by atoms with Crippen LogP contribution in [0.3, 0.4) is 0 Å². The molecule has 4 aromatic rings. The predicted octanol–water partition coefficient (Wildman–Crippen LogP) is 6.44. The Morgan fingerprint density at radius 1 is 0.970 bits per heavy atom. The molecule has 0 aliphatic heterocycles. The third kappa shape index (κ3) is 4.57. The average Bonchev–Trinajstić information content (AvgIpc) is 3.23. The molecule has 0 saturated carbocycles. The molecule has 5 nitrogen and oxygen atoms in total. The van der Waals surface area contributed by atoms with E-state index in [0.29, 0.717) is 22.5 Å². The number of hydrogen-bond donors (Lipinski definition) is 1. The van der Waals surface area contributed by atoms with Crippen LogP contribution in [-0.4, -0.2) is 20.1 Å². The summed E-state index contributed by atoms with van der Waals surface area (Å²) in [5.41, 5.74) is 3.94. The predicted molar refractivity (Wildman–Crippen MR) is 123 cm³/mol. The van der Waals surface area contributed by atoms with Crippen LogP contribution in [0.5, 0.6) is 11.5 Å². The Hall–Kier alpha value is -4.13. The number of benzene rings is 3. The van der Waals surface area contributed by atoms with Crippen LogP contribution in [0.2, 0.25) is 0 Å². The van der Waals surface area contributed by atoms with E-state index in [-0.39, 0.29) is 5.69 Å². The molecule has 168 valence electrons. The molecule has 0 aliphatic rings. The molecule has 0 aliphatic carbocycles. The highest BCUT2D eigenvalue weighted by Crippen LogP contribution is 2.37. The number of methoxy groups -OCH3 is 2. The van der Waals surface area contributed by atoms with E-state index >= 15 is 0 Å². The Morgan fingerprint density at radius 3 is 2.39 bits per heavy atom. The Morgan fingerprint density at radius 2 is 1.73 bits per heavy atom. The van der Waals surface area contributed by atoms with Gasteiger partial charge in [-0.3, -0.25) is 4.79 Å². The Bertz CT molecular complexity index is 1360. The molecule has 0 atom stereocenters. The molecule has 1 amide bonds. The van der Waals surface area contributed by atoms with Crippen LogP contribution < -0.4 is 14.8 Å². The normalized spacial score (nSPS) is 11.5. The maximum absolute atomic E-state index is 13.4. The van der Waals surface area contributed by atoms with Gasteiger partial charge in [0.2, 0.25) is 5.91 Å². The summed E-state index contributed by atoms with van der Waals surface area (Å²) >= 11 is 0. The van der Waals surface area contributed by atoms with Crippen molar-refractivity contribution >= 4 is 28.1 Å². The van der Waals surface area contributed by atoms with Gasteiger partial charge in [0.1, 0.15) is 17.1 Å². The molecule has 0 radical (unpaired) electrons. The van der Waals surface area contributed by atoms with Gasteiger partial charge in [0.15, 0.2) is 11.6 Å². The lowest BCUT2D eigenvalue weighted by molar-refractivity contribution is -0.111. The number of hydrogen-bond acceptors (Lipinski definition) is 4. The minimum atomic E-state index is -1.04. The van der Waals surface area contributed by atoms with E-state index in [1.54, 1.807) is 26.4 Å². The summed E-state index contributed by atoms with van der Waals surface area (Å²) in [6, 6.07) is 14.4. The van der Waals surface area contributed by atoms with E-state index in [1.165, 1.54) is 19.3 Å². The van der Waals surface area contributed by atoms with E-state index in [9.17, 15) is 13.6 Å². The van der Waals surface area contributed by atoms with Crippen LogP contribution >= 0.6 is 0 Å². The van der Waals surface area contributed by atoms with Crippen LogP contribution in [0, 0.1) is 11.6 Å². The van der Waals surface area contributed by atoms with Gasteiger partial charge in [-0.2, -0.15) is 0 Å². The fourth-order valence-electron chi connectivity index (χ4n) is 3.55. The van der Waals surface area contributed by atoms with Gasteiger partial charge in [0.05, 0.1) is 20.5 Å². The quantitative estimate of drug-likeness (QED) is 0.344. The second-order valence-electron chi connectivity index (χ2n) is 7.37. The topological polar surface area (TPSA) is 60.7 Å². The van der Waals surface area contributed by atoms with Crippen molar-refractivity contribution in [3.63, 3.8) is 0 Å². The average molecular weight is 449 g/mol. The molecule has 33 heavy (non-hydrogen) atoms. The number of rotatable bonds is 6. The van der Waals surface area contributed by atoms with Crippen molar-refractivity contribution in [1.82, 2.24) is 0 Å². The fraction of sp³-hybridized carbons (Fsp3) is 0.115. The molecular weight excluding hydrogens is 428 g/mol. The van der Waals surface area contributed by atoms with Crippen molar-refractivity contribution < 1.29 is 27.5 Å². The van der Waals surface area contributed by atoms with E-state index in [1.807, 2.05) is 30.3 Å². The first-order valence-corrected chi connectivity index (χ1v) is 10.1. The van der Waals surface area contributed by atoms with Gasteiger partial charge in [-0.15, -0.1) is 0 Å². The summed E-state index contributed by atoms with van der Waals surface area (Å²) in [5, 5.41) is 3.39. The third-order valence-electron chi connectivity index (χ3n) is 5.26. The maximum Gasteiger partial charge on any atom is 0.248 e. The second kappa shape index (κ2) is 9.16. The van der Waals surface area contributed by atoms with Crippen LogP contribution in [-0.2, 0) is 4.79 Å². The van der Waals surface area contributed by atoms with Gasteiger partial charge in [-0.25, -0.2) is 8.78 Å². The van der Waals surface area contributed by atoms with Crippen molar-refractivity contribution in [2.45, 2.75) is 6.92 Å². The summed E-state index contributed by atoms with van der Waals surface area (Å²) in [4.78, 5) is 12.5. The molecule has 0 unspecified atom stereocenters. The summed E-state index contributed by atoms with van der Waals surface area (Å²) in [6.45, 7) is 1.77. The number of carbonyl (C=O) groups excluding carboxylic acids is 1. The van der Waals surface area contributed by atoms with E-state index < -0.39 is 17.5 Å². The van der Waals surface area contributed by atoms with Gasteiger partial charge >= 0.3 is 0 Å². The SMILES string of the molecule is COc1ccc(-c2coc3cc(OC)c(/C(C)=C/C(=O)Nc4ccc(F)c(F)c4)cc23)cc1. The zero-order valence-electron chi connectivity index (χ0n) is 18.2. The van der Waals surface area contributed by atoms with Crippen molar-refractivity contribution in [2.75, 3.05) is 19.5 Å². The van der Waals surface area contributed by atoms with Gasteiger partial charge in [-0.1, -0.05) is 12.1 Å². The minimum absolute atomic E-state index is 0.155. The first-order valence-electron chi connectivity index (χ1n) is 10.1. The zero-order valence-corrected chi connectivity index (χ0v) is 18.2. The number of ether oxygens (including phenoxy) is 2. The van der Waals surface area contributed by atoms with Crippen molar-refractivity contribution in [3.05, 3.63) is 84.1 Å². The van der Waals surface area contributed by atoms with Crippen molar-refractivity contribution in [1.29, 1.82) is 0 Å². The molecule has 3 aromatic carbocycles. The van der Waals surface area contributed by atoms with Crippen molar-refractivity contribution in [3.8, 4) is 22.6 Å². The summed E-state index contributed by atoms with van der Waals surface area (Å²) in [6.07, 6.45) is 3.04. The molecule has 0 bridgehead atoms. The van der Waals surface area contributed by atoms with Crippen LogP contribution in [0.4, 0.5) is 14.5 Å². The molecule has 7 heteroatoms. The number of nitrogens with one attached hydrogen (secondary N) is 1. The molecule has 4 rings (SSSR count). The lowest BCUT2D eigenvalue weighted by Crippen LogP contribution is -2.09. The van der Waals surface area contributed by atoms with Crippen LogP contribution in [0.15, 0.2) is 71.4 Å². The van der Waals surface area contributed by atoms with E-state index in [0.717, 1.165) is 34.4 Å². The highest BCUT2D eigenvalue weighted by molar-refractivity contribution is 6.05. The third-order valence-corrected chi connectivity index (χ3v) is 5.26. The van der Waals surface area contributed by atoms with Crippen molar-refractivity contribution in [2.24, 2.45) is 0 Å². The molecular formula is C26H21F2NO4. The summed E-state index contributed by atoms with van der Waals surface area (Å²) < 4.78 is 43.0. The highest BCUT2D eigenvalue weighted by Gasteiger charge is 2.15. The van der Waals surface area contributed by atoms with E-state index in [2.05, 4.69) is 5.32 Å². The van der Waals surface area contributed by atoms with Crippen LogP contribution in [0.25, 0.3) is 27.7 Å². The lowest BCUT2D eigenvalue weighted by atomic mass is 9.99. The monoisotopic (exact) mass is 449 g/mol. The summed E-state index contributed by atoms with van der Waals surface area (Å²) in [7, 11) is 3.14. The molecule has 1 heterocycles. The maximum atomic E-state index is 13.4. The van der Waals surface area contributed by atoms with Gasteiger partial charge in [0, 0.05) is 40.4 Å². The van der Waals surface area contributed by atoms with Crippen LogP contribution in [0.1, 0.15) is 12.5 Å². The Kier molecular flexibility index (Phi) is 6.13. The van der Waals surface area contributed by atoms with Gasteiger partial charge < -0.3 is 19.2 Å². The first-order chi connectivity index (χ1) is 15.9. The Balaban J connectivity index is 1.68. The fourth-order valence-corrected chi connectivity index (χ4v) is 3.55. The number of amides is 1. The number of fused-ring (bicyclic) bond motifs is 1. The molecule has 1 N–H and O–H groups in total. The standard InChI is InChI=1S/C26H21F2NO4/c1-15(10-26(30)29-17-6-9-22(27)23(28)11-17)19-12-20-21(14-33-25(20)13-24(19)32-3)16-4-7-18(31-2)8-5-16/h4-14H,1-3H3,(H,29,30)/b15-10+. The Labute approximate surface area is 189 Å². The number of halogens is 2. The molecule has 0 spiro atoms. The highest BCUT2D eigenvalue weighted by atomic mass is 19.2. The first kappa shape index (κ1) is 22.1. The second-order valence-corrected chi connectivity index (χ2v) is 7.37. The number of allylic oxidation sites excluding steroid dienone is 1. The zero-order chi connectivity index (χ0) is 23.5. The van der Waals surface area contributed by atoms with Gasteiger partial charge in [0.25, 0.3) is 0 Å². The molecule has 1 aromatic heterocycles. The molecule has 0 fully saturated rings. The number of carbonyl (C=O) groups is 1. The smallest absolute Gasteiger partial charge is 0.248 e. The van der Waals surface area contributed by atoms with E-state index in [4.69, 9.17) is 13.9 Å². The lowest BCUT2D eigenvalue weighted by Gasteiger charge is -2.10. The van der Waals surface area contributed by atoms with Gasteiger partial charge in [-0.05, 0) is 48.4 Å². The largest absolute Gasteiger partial charge is 0.497 e. The minimum Gasteiger partial charge on any atom is -0.497 e. The summed E-state index contributed by atoms with van der Waals surface area (Å²) in [5.74, 6) is -1.22. The number of furan rings is 1. The molecule has 0 saturated heterocycles. The number of anilines is 1.